The zero-order valence-corrected chi connectivity index (χ0v) is 7.34. The predicted octanol–water partition coefficient (Wildman–Crippen LogP) is -0.374. The normalized spacial score (nSPS) is 40.4. The second-order valence-corrected chi connectivity index (χ2v) is 3.91. The maximum atomic E-state index is 10.7. The molecule has 2 rings (SSSR count). The van der Waals surface area contributed by atoms with Crippen molar-refractivity contribution in [1.82, 2.24) is 4.72 Å². The van der Waals surface area contributed by atoms with Crippen LogP contribution in [-0.2, 0) is 15.6 Å². The van der Waals surface area contributed by atoms with Gasteiger partial charge in [-0.05, 0) is 12.8 Å². The van der Waals surface area contributed by atoms with Gasteiger partial charge in [-0.1, -0.05) is 11.6 Å². The molecule has 1 saturated carbocycles. The van der Waals surface area contributed by atoms with Gasteiger partial charge in [0, 0.05) is 12.0 Å². The van der Waals surface area contributed by atoms with E-state index in [1.165, 1.54) is 0 Å². The Bertz CT molecular complexity index is 243. The van der Waals surface area contributed by atoms with Crippen molar-refractivity contribution in [1.29, 1.82) is 0 Å². The molecule has 3 N–H and O–H groups in total. The smallest absolute Gasteiger partial charge is 0.327 e. The molecule has 1 aliphatic heterocycles. The van der Waals surface area contributed by atoms with Crippen molar-refractivity contribution >= 4 is 17.1 Å². The molecule has 12 heavy (non-hydrogen) atoms. The fourth-order valence-electron chi connectivity index (χ4n) is 1.67. The highest BCUT2D eigenvalue weighted by molar-refractivity contribution is 7.79. The van der Waals surface area contributed by atoms with Crippen LogP contribution in [0.4, 0.5) is 0 Å². The summed E-state index contributed by atoms with van der Waals surface area (Å²) in [5.41, 5.74) is 5.83. The maximum absolute atomic E-state index is 10.7. The van der Waals surface area contributed by atoms with E-state index in [1.807, 2.05) is 0 Å². The highest BCUT2D eigenvalue weighted by Gasteiger charge is 2.32. The third-order valence-electron chi connectivity index (χ3n) is 2.31. The molecule has 68 valence electrons. The van der Waals surface area contributed by atoms with Crippen LogP contribution in [0.1, 0.15) is 19.3 Å². The van der Waals surface area contributed by atoms with E-state index in [1.54, 1.807) is 0 Å². The van der Waals surface area contributed by atoms with Crippen LogP contribution in [0.5, 0.6) is 0 Å². The number of hydrogen-bond acceptors (Lipinski definition) is 4. The predicted molar refractivity (Wildman–Crippen MR) is 45.1 cm³/mol. The lowest BCUT2D eigenvalue weighted by molar-refractivity contribution is 0.381. The van der Waals surface area contributed by atoms with Crippen molar-refractivity contribution in [2.45, 2.75) is 25.3 Å². The van der Waals surface area contributed by atoms with Gasteiger partial charge in [-0.15, -0.1) is 0 Å². The largest absolute Gasteiger partial charge is 0.338 e. The Labute approximate surface area is 73.1 Å². The summed E-state index contributed by atoms with van der Waals surface area (Å²) in [5, 5.41) is 3.67. The molecule has 3 atom stereocenters. The first-order valence-corrected chi connectivity index (χ1v) is 5.04. The van der Waals surface area contributed by atoms with Crippen LogP contribution in [0, 0.1) is 5.92 Å². The molecule has 0 spiro atoms. The first kappa shape index (κ1) is 8.00. The summed E-state index contributed by atoms with van der Waals surface area (Å²) in [6.45, 7) is 0. The number of rotatable bonds is 1. The maximum Gasteiger partial charge on any atom is 0.338 e. The van der Waals surface area contributed by atoms with E-state index in [-0.39, 0.29) is 12.0 Å². The van der Waals surface area contributed by atoms with Gasteiger partial charge in [0.2, 0.25) is 0 Å². The van der Waals surface area contributed by atoms with Crippen molar-refractivity contribution in [3.63, 3.8) is 0 Å². The molecule has 1 heterocycles. The lowest BCUT2D eigenvalue weighted by Gasteiger charge is -2.12. The van der Waals surface area contributed by atoms with Gasteiger partial charge < -0.3 is 5.73 Å². The molecule has 1 aliphatic carbocycles. The average molecular weight is 189 g/mol. The van der Waals surface area contributed by atoms with E-state index in [9.17, 15) is 4.21 Å². The third-order valence-corrected chi connectivity index (χ3v) is 2.90. The minimum atomic E-state index is -1.47. The van der Waals surface area contributed by atoms with Crippen LogP contribution in [0.2, 0.25) is 0 Å². The third kappa shape index (κ3) is 1.32. The fourth-order valence-corrected chi connectivity index (χ4v) is 2.21. The zero-order valence-electron chi connectivity index (χ0n) is 6.53. The van der Waals surface area contributed by atoms with Gasteiger partial charge in [0.1, 0.15) is 0 Å². The van der Waals surface area contributed by atoms with Gasteiger partial charge in [0.05, 0.1) is 0 Å². The summed E-state index contributed by atoms with van der Waals surface area (Å²) in [6, 6.07) is 0.134. The van der Waals surface area contributed by atoms with Crippen molar-refractivity contribution in [2.24, 2.45) is 16.8 Å². The van der Waals surface area contributed by atoms with E-state index in [4.69, 9.17) is 5.73 Å². The molecule has 0 saturated heterocycles. The highest BCUT2D eigenvalue weighted by atomic mass is 32.2. The summed E-state index contributed by atoms with van der Waals surface area (Å²) in [4.78, 5) is 0. The van der Waals surface area contributed by atoms with Crippen LogP contribution in [0.15, 0.2) is 5.16 Å². The average Bonchev–Trinajstić information content (AvgIpc) is 2.58. The number of amidine groups is 1. The van der Waals surface area contributed by atoms with Gasteiger partial charge >= 0.3 is 11.3 Å². The molecule has 0 aromatic carbocycles. The number of nitrogens with one attached hydrogen (secondary N) is 1. The van der Waals surface area contributed by atoms with Crippen LogP contribution in [-0.4, -0.2) is 16.1 Å². The minimum absolute atomic E-state index is 0.134. The molecule has 2 aliphatic rings. The first-order chi connectivity index (χ1) is 5.77. The van der Waals surface area contributed by atoms with Crippen molar-refractivity contribution in [3.8, 4) is 0 Å². The van der Waals surface area contributed by atoms with E-state index in [2.05, 4.69) is 14.2 Å². The minimum Gasteiger partial charge on any atom is -0.327 e. The summed E-state index contributed by atoms with van der Waals surface area (Å²) in [5.74, 6) is 0.856. The molecule has 0 aromatic rings. The Morgan fingerprint density at radius 3 is 3.00 bits per heavy atom. The quantitative estimate of drug-likeness (QED) is 0.590. The number of oxime groups is 1. The second-order valence-electron chi connectivity index (χ2n) is 3.09. The van der Waals surface area contributed by atoms with Gasteiger partial charge in [-0.3, -0.25) is 9.01 Å². The molecule has 0 radical (unpaired) electrons. The Hall–Kier alpha value is -0.620. The first-order valence-electron chi connectivity index (χ1n) is 3.97. The van der Waals surface area contributed by atoms with E-state index >= 15 is 0 Å². The van der Waals surface area contributed by atoms with Crippen molar-refractivity contribution < 1.29 is 8.49 Å². The van der Waals surface area contributed by atoms with E-state index < -0.39 is 11.3 Å². The number of nitrogens with zero attached hydrogens (tertiary/aromatic N) is 1. The van der Waals surface area contributed by atoms with E-state index in [0.717, 1.165) is 19.3 Å². The Kier molecular flexibility index (Phi) is 2.02. The van der Waals surface area contributed by atoms with Gasteiger partial charge in [0.25, 0.3) is 0 Å². The zero-order chi connectivity index (χ0) is 8.55. The van der Waals surface area contributed by atoms with Crippen LogP contribution < -0.4 is 10.5 Å². The molecular weight excluding hydrogens is 178 g/mol. The number of nitrogens with two attached hydrogens (primary N) is 1. The van der Waals surface area contributed by atoms with Gasteiger partial charge in [-0.2, -0.15) is 4.21 Å². The molecular formula is C6H11N3O2S. The SMILES string of the molecule is N[C@H]1CCC[C@H]1C1=NOS(=O)N1. The van der Waals surface area contributed by atoms with Crippen molar-refractivity contribution in [3.05, 3.63) is 0 Å². The van der Waals surface area contributed by atoms with Gasteiger partial charge in [0.15, 0.2) is 5.84 Å². The summed E-state index contributed by atoms with van der Waals surface area (Å²) < 4.78 is 17.9. The van der Waals surface area contributed by atoms with Crippen LogP contribution in [0.25, 0.3) is 0 Å². The summed E-state index contributed by atoms with van der Waals surface area (Å²) in [7, 11) is 0. The Morgan fingerprint density at radius 2 is 2.50 bits per heavy atom. The second kappa shape index (κ2) is 3.02. The van der Waals surface area contributed by atoms with Crippen molar-refractivity contribution in [2.75, 3.05) is 0 Å². The summed E-state index contributed by atoms with van der Waals surface area (Å²) >= 11 is -1.47. The Morgan fingerprint density at radius 1 is 1.67 bits per heavy atom. The molecule has 1 unspecified atom stereocenters. The topological polar surface area (TPSA) is 76.7 Å². The van der Waals surface area contributed by atoms with Crippen LogP contribution >= 0.6 is 0 Å². The highest BCUT2D eigenvalue weighted by Crippen LogP contribution is 2.25. The fraction of sp³-hybridized carbons (Fsp3) is 0.833. The monoisotopic (exact) mass is 189 g/mol. The summed E-state index contributed by atoms with van der Waals surface area (Å²) in [6.07, 6.45) is 3.13. The molecule has 0 bridgehead atoms. The molecule has 0 aromatic heterocycles. The van der Waals surface area contributed by atoms with E-state index in [0.29, 0.717) is 5.84 Å². The standard InChI is InChI=1S/C6H11N3O2S/c7-5-3-1-2-4(5)6-8-11-12(10)9-6/h4-5H,1-3,7H2,(H,8,9)/t4-,5+,12?/m1/s1. The molecule has 6 heteroatoms. The lowest BCUT2D eigenvalue weighted by Crippen LogP contribution is -2.36. The number of hydrogen-bond donors (Lipinski definition) is 2. The van der Waals surface area contributed by atoms with Crippen LogP contribution in [0.3, 0.4) is 0 Å². The molecule has 0 amide bonds. The molecule has 1 fully saturated rings. The Balaban J connectivity index is 2.05. The molecule has 5 nitrogen and oxygen atoms in total. The lowest BCUT2D eigenvalue weighted by atomic mass is 10.0. The van der Waals surface area contributed by atoms with Gasteiger partial charge in [-0.25, -0.2) is 0 Å².